The van der Waals surface area contributed by atoms with Crippen LogP contribution in [0.1, 0.15) is 44.1 Å². The third-order valence-corrected chi connectivity index (χ3v) is 5.79. The Kier molecular flexibility index (Phi) is 5.76. The van der Waals surface area contributed by atoms with Crippen LogP contribution in [-0.2, 0) is 22.4 Å². The molecule has 3 aromatic rings. The number of rotatable bonds is 6. The Balaban J connectivity index is 1.85. The zero-order chi connectivity index (χ0) is 22.0. The normalized spacial score (nSPS) is 13.1. The van der Waals surface area contributed by atoms with E-state index in [-0.39, 0.29) is 11.8 Å². The highest BCUT2D eigenvalue weighted by Crippen LogP contribution is 2.41. The summed E-state index contributed by atoms with van der Waals surface area (Å²) < 4.78 is 16.3. The molecular weight excluding hydrogens is 392 g/mol. The maximum Gasteiger partial charge on any atom is 0.313 e. The summed E-state index contributed by atoms with van der Waals surface area (Å²) in [7, 11) is 4.46. The highest BCUT2D eigenvalue weighted by molar-refractivity contribution is 6.16. The molecule has 0 spiro atoms. The Morgan fingerprint density at radius 2 is 1.61 bits per heavy atom. The first-order valence-corrected chi connectivity index (χ1v) is 10.1. The van der Waals surface area contributed by atoms with E-state index in [0.717, 1.165) is 16.7 Å². The monoisotopic (exact) mass is 416 g/mol. The van der Waals surface area contributed by atoms with Crippen molar-refractivity contribution in [2.24, 2.45) is 0 Å². The molecule has 0 amide bonds. The smallest absolute Gasteiger partial charge is 0.313 e. The number of hydrogen-bond donors (Lipinski definition) is 0. The SMILES string of the molecule is COC(=O)C(Cc1ccccc1)c1ccc2c(c1OC)C(=O)c1c(cccc1OC)C2. The first-order chi connectivity index (χ1) is 15.1. The third kappa shape index (κ3) is 3.67. The largest absolute Gasteiger partial charge is 0.496 e. The molecule has 4 rings (SSSR count). The fraction of sp³-hybridized carbons (Fsp3) is 0.231. The number of benzene rings is 3. The number of carbonyl (C=O) groups excluding carboxylic acids is 2. The number of ketones is 1. The van der Waals surface area contributed by atoms with Crippen LogP contribution in [0.4, 0.5) is 0 Å². The minimum atomic E-state index is -0.598. The minimum absolute atomic E-state index is 0.157. The predicted octanol–water partition coefficient (Wildman–Crippen LogP) is 4.34. The molecule has 0 saturated carbocycles. The van der Waals surface area contributed by atoms with Crippen LogP contribution >= 0.6 is 0 Å². The molecule has 1 aliphatic rings. The molecule has 31 heavy (non-hydrogen) atoms. The lowest BCUT2D eigenvalue weighted by molar-refractivity contribution is -0.142. The van der Waals surface area contributed by atoms with Crippen LogP contribution in [-0.4, -0.2) is 33.1 Å². The van der Waals surface area contributed by atoms with E-state index in [0.29, 0.717) is 41.0 Å². The molecule has 0 radical (unpaired) electrons. The molecule has 0 aromatic heterocycles. The summed E-state index contributed by atoms with van der Waals surface area (Å²) in [6.07, 6.45) is 1.03. The van der Waals surface area contributed by atoms with Crippen LogP contribution in [0.15, 0.2) is 60.7 Å². The molecule has 0 aliphatic heterocycles. The number of esters is 1. The second-order valence-corrected chi connectivity index (χ2v) is 7.49. The third-order valence-electron chi connectivity index (χ3n) is 5.79. The summed E-state index contributed by atoms with van der Waals surface area (Å²) in [5.74, 6) is -0.168. The van der Waals surface area contributed by atoms with Crippen LogP contribution in [0, 0.1) is 0 Å². The summed E-state index contributed by atoms with van der Waals surface area (Å²) in [4.78, 5) is 26.3. The Hall–Kier alpha value is -3.60. The summed E-state index contributed by atoms with van der Waals surface area (Å²) in [5, 5.41) is 0. The number of hydrogen-bond acceptors (Lipinski definition) is 5. The zero-order valence-corrected chi connectivity index (χ0v) is 17.8. The van der Waals surface area contributed by atoms with Crippen molar-refractivity contribution in [3.05, 3.63) is 94.0 Å². The van der Waals surface area contributed by atoms with Crippen molar-refractivity contribution in [3.8, 4) is 11.5 Å². The lowest BCUT2D eigenvalue weighted by Gasteiger charge is -2.26. The molecule has 5 heteroatoms. The second-order valence-electron chi connectivity index (χ2n) is 7.49. The van der Waals surface area contributed by atoms with E-state index in [4.69, 9.17) is 14.2 Å². The number of fused-ring (bicyclic) bond motifs is 2. The van der Waals surface area contributed by atoms with Crippen molar-refractivity contribution in [1.29, 1.82) is 0 Å². The van der Waals surface area contributed by atoms with Crippen molar-refractivity contribution < 1.29 is 23.8 Å². The molecular formula is C26H24O5. The van der Waals surface area contributed by atoms with E-state index in [2.05, 4.69) is 0 Å². The van der Waals surface area contributed by atoms with Crippen LogP contribution in [0.5, 0.6) is 11.5 Å². The van der Waals surface area contributed by atoms with Crippen LogP contribution in [0.25, 0.3) is 0 Å². The quantitative estimate of drug-likeness (QED) is 0.438. The molecule has 3 aromatic carbocycles. The maximum atomic E-state index is 13.6. The van der Waals surface area contributed by atoms with Gasteiger partial charge < -0.3 is 14.2 Å². The fourth-order valence-electron chi connectivity index (χ4n) is 4.32. The number of methoxy groups -OCH3 is 3. The summed E-state index contributed by atoms with van der Waals surface area (Å²) >= 11 is 0. The first kappa shape index (κ1) is 20.7. The Bertz CT molecular complexity index is 1130. The van der Waals surface area contributed by atoms with Gasteiger partial charge in [-0.1, -0.05) is 54.6 Å². The van der Waals surface area contributed by atoms with E-state index in [1.165, 1.54) is 14.2 Å². The minimum Gasteiger partial charge on any atom is -0.496 e. The van der Waals surface area contributed by atoms with E-state index in [1.807, 2.05) is 54.6 Å². The van der Waals surface area contributed by atoms with Gasteiger partial charge in [-0.05, 0) is 35.6 Å². The summed E-state index contributed by atoms with van der Waals surface area (Å²) in [6, 6.07) is 19.1. The topological polar surface area (TPSA) is 61.8 Å². The molecule has 1 atom stereocenters. The molecule has 1 unspecified atom stereocenters. The van der Waals surface area contributed by atoms with Crippen LogP contribution in [0.2, 0.25) is 0 Å². The maximum absolute atomic E-state index is 13.6. The average molecular weight is 416 g/mol. The van der Waals surface area contributed by atoms with E-state index in [9.17, 15) is 9.59 Å². The highest BCUT2D eigenvalue weighted by Gasteiger charge is 2.34. The van der Waals surface area contributed by atoms with Gasteiger partial charge >= 0.3 is 5.97 Å². The van der Waals surface area contributed by atoms with E-state index in [1.54, 1.807) is 13.2 Å². The van der Waals surface area contributed by atoms with Crippen LogP contribution < -0.4 is 9.47 Å². The molecule has 0 fully saturated rings. The number of ether oxygens (including phenoxy) is 3. The Morgan fingerprint density at radius 1 is 0.871 bits per heavy atom. The van der Waals surface area contributed by atoms with Crippen LogP contribution in [0.3, 0.4) is 0 Å². The van der Waals surface area contributed by atoms with Gasteiger partial charge in [0.2, 0.25) is 5.78 Å². The van der Waals surface area contributed by atoms with Gasteiger partial charge in [-0.3, -0.25) is 9.59 Å². The number of carbonyl (C=O) groups is 2. The van der Waals surface area contributed by atoms with E-state index < -0.39 is 5.92 Å². The van der Waals surface area contributed by atoms with Gasteiger partial charge in [-0.15, -0.1) is 0 Å². The molecule has 0 bridgehead atoms. The Labute approximate surface area is 181 Å². The van der Waals surface area contributed by atoms with Gasteiger partial charge in [0.25, 0.3) is 0 Å². The van der Waals surface area contributed by atoms with Crippen molar-refractivity contribution in [1.82, 2.24) is 0 Å². The first-order valence-electron chi connectivity index (χ1n) is 10.1. The summed E-state index contributed by atoms with van der Waals surface area (Å²) in [5.41, 5.74) is 4.46. The molecule has 1 aliphatic carbocycles. The highest BCUT2D eigenvalue weighted by atomic mass is 16.5. The van der Waals surface area contributed by atoms with Gasteiger partial charge in [-0.2, -0.15) is 0 Å². The lowest BCUT2D eigenvalue weighted by Crippen LogP contribution is -2.22. The van der Waals surface area contributed by atoms with Gasteiger partial charge in [0, 0.05) is 5.56 Å². The molecule has 158 valence electrons. The molecule has 5 nitrogen and oxygen atoms in total. The fourth-order valence-corrected chi connectivity index (χ4v) is 4.32. The van der Waals surface area contributed by atoms with Crippen molar-refractivity contribution in [2.75, 3.05) is 21.3 Å². The average Bonchev–Trinajstić information content (AvgIpc) is 2.81. The standard InChI is InChI=1S/C26H24O5/c1-29-21-11-7-10-17-15-18-12-13-19(25(30-2)23(18)24(27)22(17)21)20(26(28)31-3)14-16-8-5-4-6-9-16/h4-13,20H,14-15H2,1-3H3. The van der Waals surface area contributed by atoms with Crippen molar-refractivity contribution in [2.45, 2.75) is 18.8 Å². The van der Waals surface area contributed by atoms with Crippen molar-refractivity contribution in [3.63, 3.8) is 0 Å². The van der Waals surface area contributed by atoms with Gasteiger partial charge in [0.1, 0.15) is 11.5 Å². The van der Waals surface area contributed by atoms with Gasteiger partial charge in [-0.25, -0.2) is 0 Å². The van der Waals surface area contributed by atoms with Crippen molar-refractivity contribution >= 4 is 11.8 Å². The predicted molar refractivity (Wildman–Crippen MR) is 117 cm³/mol. The zero-order valence-electron chi connectivity index (χ0n) is 17.8. The van der Waals surface area contributed by atoms with Gasteiger partial charge in [0.05, 0.1) is 38.4 Å². The second kappa shape index (κ2) is 8.64. The van der Waals surface area contributed by atoms with Gasteiger partial charge in [0.15, 0.2) is 0 Å². The molecule has 0 N–H and O–H groups in total. The lowest BCUT2D eigenvalue weighted by atomic mass is 9.80. The summed E-state index contributed by atoms with van der Waals surface area (Å²) in [6.45, 7) is 0. The molecule has 0 saturated heterocycles. The van der Waals surface area contributed by atoms with E-state index >= 15 is 0 Å². The molecule has 0 heterocycles. The Morgan fingerprint density at radius 3 is 2.29 bits per heavy atom.